The Morgan fingerprint density at radius 3 is 2.80 bits per heavy atom. The molecule has 5 nitrogen and oxygen atoms in total. The maximum atomic E-state index is 12.7. The second kappa shape index (κ2) is 6.06. The van der Waals surface area contributed by atoms with Gasteiger partial charge in [0.15, 0.2) is 0 Å². The monoisotopic (exact) mass is 337 g/mol. The summed E-state index contributed by atoms with van der Waals surface area (Å²) in [5.74, 6) is 0.152. The lowest BCUT2D eigenvalue weighted by Gasteiger charge is -2.31. The van der Waals surface area contributed by atoms with Crippen LogP contribution >= 0.6 is 0 Å². The lowest BCUT2D eigenvalue weighted by atomic mass is 9.98. The quantitative estimate of drug-likeness (QED) is 0.916. The van der Waals surface area contributed by atoms with Gasteiger partial charge in [0.1, 0.15) is 6.04 Å². The number of aryl methyl sites for hydroxylation is 1. The molecule has 2 amide bonds. The third kappa shape index (κ3) is 2.73. The number of likely N-dealkylation sites (N-methyl/N-ethyl adjacent to an activating group) is 1. The van der Waals surface area contributed by atoms with E-state index in [0.29, 0.717) is 25.9 Å². The van der Waals surface area contributed by atoms with Crippen LogP contribution in [0.2, 0.25) is 0 Å². The van der Waals surface area contributed by atoms with Crippen LogP contribution in [-0.2, 0) is 9.59 Å². The number of amides is 2. The number of aromatic nitrogens is 1. The number of hydrogen-bond acceptors (Lipinski definition) is 2. The fourth-order valence-electron chi connectivity index (χ4n) is 3.92. The summed E-state index contributed by atoms with van der Waals surface area (Å²) in [6.07, 6.45) is 6.19. The van der Waals surface area contributed by atoms with E-state index in [1.54, 1.807) is 11.9 Å². The van der Waals surface area contributed by atoms with E-state index < -0.39 is 0 Å². The van der Waals surface area contributed by atoms with Crippen LogP contribution in [0.1, 0.15) is 30.4 Å². The van der Waals surface area contributed by atoms with Gasteiger partial charge in [-0.3, -0.25) is 9.59 Å². The molecule has 1 fully saturated rings. The van der Waals surface area contributed by atoms with Crippen LogP contribution in [0.25, 0.3) is 16.5 Å². The van der Waals surface area contributed by atoms with Crippen LogP contribution in [0.15, 0.2) is 30.5 Å². The molecule has 0 spiro atoms. The normalized spacial score (nSPS) is 21.1. The number of hydrogen-bond donors (Lipinski definition) is 1. The molecule has 5 heteroatoms. The molecule has 0 radical (unpaired) electrons. The summed E-state index contributed by atoms with van der Waals surface area (Å²) < 4.78 is 0. The van der Waals surface area contributed by atoms with Crippen LogP contribution in [0.3, 0.4) is 0 Å². The van der Waals surface area contributed by atoms with Crippen LogP contribution in [0, 0.1) is 6.92 Å². The molecule has 1 aromatic carbocycles. The molecular formula is C20H23N3O2. The predicted molar refractivity (Wildman–Crippen MR) is 98.0 cm³/mol. The van der Waals surface area contributed by atoms with Crippen LogP contribution in [0.5, 0.6) is 0 Å². The molecule has 3 heterocycles. The molecule has 1 saturated heterocycles. The van der Waals surface area contributed by atoms with E-state index in [4.69, 9.17) is 0 Å². The van der Waals surface area contributed by atoms with Gasteiger partial charge in [0.2, 0.25) is 11.8 Å². The average molecular weight is 337 g/mol. The highest BCUT2D eigenvalue weighted by Crippen LogP contribution is 2.30. The maximum absolute atomic E-state index is 12.7. The van der Waals surface area contributed by atoms with E-state index in [1.165, 1.54) is 22.1 Å². The first kappa shape index (κ1) is 15.9. The summed E-state index contributed by atoms with van der Waals surface area (Å²) in [4.78, 5) is 31.2. The van der Waals surface area contributed by atoms with E-state index >= 15 is 0 Å². The number of benzene rings is 1. The van der Waals surface area contributed by atoms with Crippen molar-refractivity contribution >= 4 is 28.3 Å². The Balaban J connectivity index is 1.52. The summed E-state index contributed by atoms with van der Waals surface area (Å²) in [6.45, 7) is 3.42. The van der Waals surface area contributed by atoms with Crippen molar-refractivity contribution in [3.05, 3.63) is 41.6 Å². The summed E-state index contributed by atoms with van der Waals surface area (Å²) >= 11 is 0. The van der Waals surface area contributed by atoms with Crippen molar-refractivity contribution in [1.29, 1.82) is 0 Å². The molecule has 130 valence electrons. The minimum Gasteiger partial charge on any atom is -0.361 e. The van der Waals surface area contributed by atoms with Gasteiger partial charge in [-0.2, -0.15) is 0 Å². The van der Waals surface area contributed by atoms with Crippen LogP contribution in [0.4, 0.5) is 0 Å². The van der Waals surface area contributed by atoms with Crippen molar-refractivity contribution < 1.29 is 9.59 Å². The van der Waals surface area contributed by atoms with Crippen molar-refractivity contribution in [3.63, 3.8) is 0 Å². The molecule has 4 rings (SSSR count). The molecule has 1 atom stereocenters. The Hall–Kier alpha value is -2.56. The van der Waals surface area contributed by atoms with Crippen molar-refractivity contribution in [2.24, 2.45) is 0 Å². The zero-order valence-electron chi connectivity index (χ0n) is 14.7. The van der Waals surface area contributed by atoms with E-state index in [9.17, 15) is 9.59 Å². The van der Waals surface area contributed by atoms with E-state index in [-0.39, 0.29) is 17.9 Å². The van der Waals surface area contributed by atoms with Gasteiger partial charge in [0.25, 0.3) is 0 Å². The van der Waals surface area contributed by atoms with Gasteiger partial charge in [-0.15, -0.1) is 0 Å². The van der Waals surface area contributed by atoms with Crippen LogP contribution in [-0.4, -0.2) is 52.8 Å². The second-order valence-electron chi connectivity index (χ2n) is 7.07. The summed E-state index contributed by atoms with van der Waals surface area (Å²) in [5, 5.41) is 1.23. The molecule has 0 bridgehead atoms. The number of carbonyl (C=O) groups is 2. The number of nitrogens with one attached hydrogen (secondary N) is 1. The predicted octanol–water partition coefficient (Wildman–Crippen LogP) is 2.71. The Bertz CT molecular complexity index is 880. The van der Waals surface area contributed by atoms with Crippen molar-refractivity contribution in [1.82, 2.24) is 14.8 Å². The van der Waals surface area contributed by atoms with Gasteiger partial charge >= 0.3 is 0 Å². The number of likely N-dealkylation sites (tertiary alicyclic amines) is 1. The molecule has 1 aromatic heterocycles. The van der Waals surface area contributed by atoms with Gasteiger partial charge in [-0.05, 0) is 37.0 Å². The van der Waals surface area contributed by atoms with Crippen molar-refractivity contribution in [2.75, 3.05) is 20.1 Å². The van der Waals surface area contributed by atoms with E-state index in [1.807, 2.05) is 4.90 Å². The zero-order valence-corrected chi connectivity index (χ0v) is 14.7. The Kier molecular flexibility index (Phi) is 3.86. The first-order valence-electron chi connectivity index (χ1n) is 8.86. The molecule has 2 aliphatic heterocycles. The average Bonchev–Trinajstić information content (AvgIpc) is 3.18. The molecule has 2 aliphatic rings. The second-order valence-corrected chi connectivity index (χ2v) is 7.07. The summed E-state index contributed by atoms with van der Waals surface area (Å²) in [6, 6.07) is 6.17. The van der Waals surface area contributed by atoms with Gasteiger partial charge in [0.05, 0.1) is 0 Å². The lowest BCUT2D eigenvalue weighted by molar-refractivity contribution is -0.139. The van der Waals surface area contributed by atoms with E-state index in [2.05, 4.69) is 42.4 Å². The molecule has 1 N–H and O–H groups in total. The number of fused-ring (bicyclic) bond motifs is 1. The maximum Gasteiger partial charge on any atom is 0.245 e. The van der Waals surface area contributed by atoms with Gasteiger partial charge in [-0.1, -0.05) is 18.2 Å². The van der Waals surface area contributed by atoms with Crippen LogP contribution < -0.4 is 0 Å². The highest BCUT2D eigenvalue weighted by atomic mass is 16.2. The van der Waals surface area contributed by atoms with Crippen molar-refractivity contribution in [3.8, 4) is 0 Å². The number of carbonyl (C=O) groups excluding carboxylic acids is 2. The first-order chi connectivity index (χ1) is 12.0. The summed E-state index contributed by atoms with van der Waals surface area (Å²) in [5.41, 5.74) is 4.91. The third-order valence-corrected chi connectivity index (χ3v) is 5.48. The Morgan fingerprint density at radius 1 is 1.28 bits per heavy atom. The number of nitrogens with zero attached hydrogens (tertiary/aromatic N) is 2. The molecule has 25 heavy (non-hydrogen) atoms. The van der Waals surface area contributed by atoms with Crippen molar-refractivity contribution in [2.45, 2.75) is 32.2 Å². The lowest BCUT2D eigenvalue weighted by Crippen LogP contribution is -2.46. The molecule has 0 aliphatic carbocycles. The highest BCUT2D eigenvalue weighted by molar-refractivity contribution is 5.94. The first-order valence-corrected chi connectivity index (χ1v) is 8.86. The fourth-order valence-corrected chi connectivity index (χ4v) is 3.92. The number of rotatable bonds is 2. The SMILES string of the molecule is Cc1ccc2c(C3=CCN(C(=O)C4CCC(=O)N4C)CC3)c[nH]c2c1. The Labute approximate surface area is 147 Å². The molecular weight excluding hydrogens is 314 g/mol. The Morgan fingerprint density at radius 2 is 2.12 bits per heavy atom. The van der Waals surface area contributed by atoms with Gasteiger partial charge in [0, 0.05) is 49.2 Å². The number of H-pyrrole nitrogens is 1. The van der Waals surface area contributed by atoms with Gasteiger partial charge < -0.3 is 14.8 Å². The standard InChI is InChI=1S/C20H23N3O2/c1-13-3-4-15-16(12-21-17(15)11-13)14-7-9-23(10-8-14)20(25)18-5-6-19(24)22(18)2/h3-4,7,11-12,18,21H,5-6,8-10H2,1-2H3. The minimum absolute atomic E-state index is 0.0701. The smallest absolute Gasteiger partial charge is 0.245 e. The minimum atomic E-state index is -0.279. The highest BCUT2D eigenvalue weighted by Gasteiger charge is 2.36. The fraction of sp³-hybridized carbons (Fsp3) is 0.400. The summed E-state index contributed by atoms with van der Waals surface area (Å²) in [7, 11) is 1.73. The largest absolute Gasteiger partial charge is 0.361 e. The zero-order chi connectivity index (χ0) is 17.6. The molecule has 1 unspecified atom stereocenters. The topological polar surface area (TPSA) is 56.4 Å². The third-order valence-electron chi connectivity index (χ3n) is 5.48. The van der Waals surface area contributed by atoms with Gasteiger partial charge in [-0.25, -0.2) is 0 Å². The van der Waals surface area contributed by atoms with E-state index in [0.717, 1.165) is 11.9 Å². The molecule has 0 saturated carbocycles. The molecule has 2 aromatic rings. The number of aromatic amines is 1.